The molecule has 0 spiro atoms. The van der Waals surface area contributed by atoms with E-state index in [1.807, 2.05) is 0 Å². The van der Waals surface area contributed by atoms with E-state index in [1.165, 1.54) is 0 Å². The van der Waals surface area contributed by atoms with Crippen molar-refractivity contribution in [2.45, 2.75) is 0 Å². The van der Waals surface area contributed by atoms with Gasteiger partial charge < -0.3 is 0 Å². The normalized spacial score (nSPS) is 9.80. The third kappa shape index (κ3) is 9.08. The summed E-state index contributed by atoms with van der Waals surface area (Å²) in [5.74, 6) is 0. The van der Waals surface area contributed by atoms with Crippen LogP contribution >= 0.6 is 46.4 Å². The molecule has 0 aliphatic rings. The van der Waals surface area contributed by atoms with Crippen LogP contribution in [0.25, 0.3) is 0 Å². The summed E-state index contributed by atoms with van der Waals surface area (Å²) in [7, 11) is 14.7. The van der Waals surface area contributed by atoms with Crippen molar-refractivity contribution >= 4 is 46.4 Å². The number of aromatic nitrogens is 2. The Hall–Kier alpha value is 1.08. The van der Waals surface area contributed by atoms with Crippen LogP contribution in [0.2, 0.25) is 0 Å². The van der Waals surface area contributed by atoms with Gasteiger partial charge in [-0.05, 0) is 0 Å². The first-order valence-electron chi connectivity index (χ1n) is 1.94. The maximum absolute atomic E-state index is 4.89. The minimum atomic E-state index is -1.33. The molecular weight excluding hydrogens is 306 g/mol. The Kier molecular flexibility index (Phi) is 7.50. The van der Waals surface area contributed by atoms with Crippen LogP contribution in [0.4, 0.5) is 0 Å². The molecule has 0 saturated carbocycles. The second-order valence-electron chi connectivity index (χ2n) is 1.06. The van der Waals surface area contributed by atoms with Crippen molar-refractivity contribution < 1.29 is 11.2 Å². The van der Waals surface area contributed by atoms with Gasteiger partial charge in [-0.2, -0.15) is 0 Å². The van der Waals surface area contributed by atoms with Crippen molar-refractivity contribution in [1.82, 2.24) is 8.58 Å². The molecule has 7 heteroatoms. The average molecular weight is 309 g/mol. The maximum atomic E-state index is 4.89. The Labute approximate surface area is 84.4 Å². The molecule has 0 aliphatic heterocycles. The number of halogens is 4. The zero-order valence-corrected chi connectivity index (χ0v) is 9.45. The van der Waals surface area contributed by atoms with E-state index < -0.39 is 11.2 Å². The van der Waals surface area contributed by atoms with Gasteiger partial charge >= 0.3 is 41.5 Å². The number of nitrogens with zero attached hydrogens (tertiary/aromatic N) is 2. The zero-order valence-electron chi connectivity index (χ0n) is 4.49. The SMILES string of the molecule is Brn1ccnc1.[Cl][Fe]([Cl])[Cl]. The quantitative estimate of drug-likeness (QED) is 0.673. The van der Waals surface area contributed by atoms with Crippen molar-refractivity contribution in [1.29, 1.82) is 0 Å². The third-order valence-electron chi connectivity index (χ3n) is 0.472. The van der Waals surface area contributed by atoms with Crippen LogP contribution in [-0.2, 0) is 11.2 Å². The summed E-state index contributed by atoms with van der Waals surface area (Å²) in [6, 6.07) is 0. The molecule has 0 fully saturated rings. The second-order valence-corrected chi connectivity index (χ2v) is 7.35. The molecule has 1 heterocycles. The monoisotopic (exact) mass is 307 g/mol. The van der Waals surface area contributed by atoms with Crippen LogP contribution < -0.4 is 0 Å². The Morgan fingerprint density at radius 3 is 2.00 bits per heavy atom. The fourth-order valence-corrected chi connectivity index (χ4v) is 0.454. The van der Waals surface area contributed by atoms with Gasteiger partial charge in [0, 0.05) is 12.4 Å². The number of imidazole rings is 1. The molecule has 0 bridgehead atoms. The Balaban J connectivity index is 0.000000180. The van der Waals surface area contributed by atoms with E-state index in [4.69, 9.17) is 30.3 Å². The van der Waals surface area contributed by atoms with Crippen molar-refractivity contribution in [3.05, 3.63) is 18.7 Å². The van der Waals surface area contributed by atoms with E-state index in [1.54, 1.807) is 22.3 Å². The fraction of sp³-hybridized carbons (Fsp3) is 0. The van der Waals surface area contributed by atoms with E-state index >= 15 is 0 Å². The molecule has 10 heavy (non-hydrogen) atoms. The van der Waals surface area contributed by atoms with Gasteiger partial charge in [0.05, 0.1) is 16.1 Å². The van der Waals surface area contributed by atoms with Crippen LogP contribution in [0.15, 0.2) is 18.7 Å². The van der Waals surface area contributed by atoms with Gasteiger partial charge in [0.25, 0.3) is 0 Å². The zero-order chi connectivity index (χ0) is 7.98. The first-order valence-corrected chi connectivity index (χ1v) is 7.20. The first-order chi connectivity index (χ1) is 4.63. The van der Waals surface area contributed by atoms with Gasteiger partial charge in [-0.1, -0.05) is 0 Å². The Bertz CT molecular complexity index is 154. The molecule has 0 amide bonds. The topological polar surface area (TPSA) is 17.8 Å². The summed E-state index contributed by atoms with van der Waals surface area (Å²) < 4.78 is 1.70. The van der Waals surface area contributed by atoms with E-state index in [-0.39, 0.29) is 0 Å². The molecule has 0 unspecified atom stereocenters. The van der Waals surface area contributed by atoms with Crippen molar-refractivity contribution in [3.8, 4) is 0 Å². The summed E-state index contributed by atoms with van der Waals surface area (Å²) in [6.07, 6.45) is 5.18. The molecule has 1 aromatic rings. The summed E-state index contributed by atoms with van der Waals surface area (Å²) in [4.78, 5) is 3.74. The molecule has 1 rings (SSSR count). The molecule has 1 aromatic heterocycles. The molecule has 0 aromatic carbocycles. The first kappa shape index (κ1) is 11.1. The standard InChI is InChI=1S/C3H3BrN2.3ClH.Fe/c4-6-2-1-5-3-6;;;;/h1-3H;3*1H;/q;;;;+3/p-3. The van der Waals surface area contributed by atoms with Gasteiger partial charge in [-0.25, -0.2) is 4.98 Å². The molecule has 0 N–H and O–H groups in total. The molecule has 0 atom stereocenters. The number of hydrogen-bond acceptors (Lipinski definition) is 1. The van der Waals surface area contributed by atoms with Gasteiger partial charge in [0.2, 0.25) is 0 Å². The summed E-state index contributed by atoms with van der Waals surface area (Å²) in [5.41, 5.74) is 0. The van der Waals surface area contributed by atoms with Crippen molar-refractivity contribution in [3.63, 3.8) is 0 Å². The molecule has 0 saturated heterocycles. The Morgan fingerprint density at radius 1 is 1.40 bits per heavy atom. The Morgan fingerprint density at radius 2 is 1.90 bits per heavy atom. The van der Waals surface area contributed by atoms with E-state index in [2.05, 4.69) is 21.1 Å². The molecule has 0 aliphatic carbocycles. The second kappa shape index (κ2) is 6.77. The summed E-state index contributed by atoms with van der Waals surface area (Å²) in [6.45, 7) is 0. The van der Waals surface area contributed by atoms with E-state index in [9.17, 15) is 0 Å². The van der Waals surface area contributed by atoms with Crippen LogP contribution in [0.3, 0.4) is 0 Å². The van der Waals surface area contributed by atoms with E-state index in [0.29, 0.717) is 0 Å². The molecule has 61 valence electrons. The third-order valence-corrected chi connectivity index (χ3v) is 0.892. The molecular formula is C3H3BrCl3FeN2. The number of hydrogen-bond donors (Lipinski definition) is 0. The van der Waals surface area contributed by atoms with Crippen molar-refractivity contribution in [2.24, 2.45) is 0 Å². The summed E-state index contributed by atoms with van der Waals surface area (Å²) in [5, 5.41) is 0. The van der Waals surface area contributed by atoms with Gasteiger partial charge in [-0.15, -0.1) is 0 Å². The molecule has 0 radical (unpaired) electrons. The van der Waals surface area contributed by atoms with E-state index in [0.717, 1.165) is 0 Å². The van der Waals surface area contributed by atoms with Crippen LogP contribution in [0, 0.1) is 0 Å². The predicted molar refractivity (Wildman–Crippen MR) is 44.1 cm³/mol. The van der Waals surface area contributed by atoms with Gasteiger partial charge in [0.1, 0.15) is 6.33 Å². The van der Waals surface area contributed by atoms with Gasteiger partial charge in [-0.3, -0.25) is 3.59 Å². The summed E-state index contributed by atoms with van der Waals surface area (Å²) >= 11 is 1.80. The van der Waals surface area contributed by atoms with Crippen molar-refractivity contribution in [2.75, 3.05) is 0 Å². The van der Waals surface area contributed by atoms with Crippen LogP contribution in [-0.4, -0.2) is 8.58 Å². The predicted octanol–water partition coefficient (Wildman–Crippen LogP) is 3.11. The van der Waals surface area contributed by atoms with Crippen LogP contribution in [0.5, 0.6) is 0 Å². The van der Waals surface area contributed by atoms with Crippen LogP contribution in [0.1, 0.15) is 0 Å². The number of rotatable bonds is 0. The average Bonchev–Trinajstić information content (AvgIpc) is 2.15. The minimum absolute atomic E-state index is 1.33. The fourth-order valence-electron chi connectivity index (χ4n) is 0.243. The van der Waals surface area contributed by atoms with Gasteiger partial charge in [0.15, 0.2) is 0 Å². The molecule has 2 nitrogen and oxygen atoms in total.